The van der Waals surface area contributed by atoms with Gasteiger partial charge in [0.15, 0.2) is 10.8 Å². The molecule has 1 amide bonds. The van der Waals surface area contributed by atoms with Gasteiger partial charge in [0.2, 0.25) is 0 Å². The molecule has 7 nitrogen and oxygen atoms in total. The van der Waals surface area contributed by atoms with Crippen LogP contribution in [0.25, 0.3) is 11.1 Å². The van der Waals surface area contributed by atoms with Crippen LogP contribution in [0.15, 0.2) is 18.2 Å². The van der Waals surface area contributed by atoms with Crippen LogP contribution >= 0.6 is 11.3 Å². The Labute approximate surface area is 192 Å². The number of hydrogen-bond donors (Lipinski definition) is 1. The smallest absolute Gasteiger partial charge is 0.435 e. The number of nitrogens with zero attached hydrogens (tertiary/aromatic N) is 4. The molecule has 0 saturated carbocycles. The van der Waals surface area contributed by atoms with E-state index in [-0.39, 0.29) is 11.5 Å². The van der Waals surface area contributed by atoms with Crippen LogP contribution in [-0.4, -0.2) is 39.4 Å². The second-order valence-corrected chi connectivity index (χ2v) is 9.88. The third-order valence-electron chi connectivity index (χ3n) is 5.90. The van der Waals surface area contributed by atoms with Crippen LogP contribution in [0.4, 0.5) is 24.0 Å². The average Bonchev–Trinajstić information content (AvgIpc) is 3.27. The predicted molar refractivity (Wildman–Crippen MR) is 118 cm³/mol. The summed E-state index contributed by atoms with van der Waals surface area (Å²) in [5.74, 6) is 0.395. The van der Waals surface area contributed by atoms with E-state index in [2.05, 4.69) is 10.4 Å². The Hall–Kier alpha value is -3.08. The van der Waals surface area contributed by atoms with Crippen LogP contribution in [0.3, 0.4) is 0 Å². The third-order valence-corrected chi connectivity index (χ3v) is 7.02. The highest BCUT2D eigenvalue weighted by Crippen LogP contribution is 2.45. The zero-order valence-corrected chi connectivity index (χ0v) is 19.3. The number of amides is 1. The molecule has 5 rings (SSSR count). The van der Waals surface area contributed by atoms with Gasteiger partial charge in [-0.1, -0.05) is 17.4 Å². The summed E-state index contributed by atoms with van der Waals surface area (Å²) in [6.07, 6.45) is -3.98. The number of fused-ring (bicyclic) bond motifs is 2. The number of halogens is 3. The van der Waals surface area contributed by atoms with E-state index in [9.17, 15) is 18.0 Å². The minimum absolute atomic E-state index is 0.0397. The Morgan fingerprint density at radius 3 is 2.76 bits per heavy atom. The van der Waals surface area contributed by atoms with Crippen LogP contribution in [-0.2, 0) is 19.6 Å². The number of carbonyl (C=O) groups excluding carboxylic acids is 1. The van der Waals surface area contributed by atoms with E-state index in [0.29, 0.717) is 52.3 Å². The second-order valence-electron chi connectivity index (χ2n) is 8.90. The van der Waals surface area contributed by atoms with Gasteiger partial charge in [-0.15, -0.1) is 0 Å². The molecule has 0 saturated heterocycles. The molecule has 0 fully saturated rings. The zero-order valence-electron chi connectivity index (χ0n) is 18.5. The third kappa shape index (κ3) is 3.64. The molecule has 174 valence electrons. The van der Waals surface area contributed by atoms with E-state index in [4.69, 9.17) is 9.72 Å². The molecule has 0 bridgehead atoms. The summed E-state index contributed by atoms with van der Waals surface area (Å²) in [6.45, 7) is 6.36. The first-order valence-corrected chi connectivity index (χ1v) is 11.2. The predicted octanol–water partition coefficient (Wildman–Crippen LogP) is 4.47. The number of carbonyl (C=O) groups is 1. The SMILES string of the molecule is Cc1c(-c2ccc3c(c2)N(c2nc4c(s2)C(=O)NC(C)(C)C4)CCO3)c(C(F)(F)F)nn1C. The topological polar surface area (TPSA) is 72.3 Å². The van der Waals surface area contributed by atoms with E-state index in [1.54, 1.807) is 25.1 Å². The lowest BCUT2D eigenvalue weighted by molar-refractivity contribution is -0.141. The van der Waals surface area contributed by atoms with Gasteiger partial charge in [-0.3, -0.25) is 9.48 Å². The maximum absolute atomic E-state index is 13.7. The molecule has 4 heterocycles. The number of aromatic nitrogens is 3. The van der Waals surface area contributed by atoms with Crippen molar-refractivity contribution in [2.45, 2.75) is 38.9 Å². The molecular weight excluding hydrogens is 455 g/mol. The van der Waals surface area contributed by atoms with Gasteiger partial charge in [-0.2, -0.15) is 18.3 Å². The molecule has 1 aromatic carbocycles. The van der Waals surface area contributed by atoms with E-state index in [1.807, 2.05) is 18.7 Å². The summed E-state index contributed by atoms with van der Waals surface area (Å²) in [7, 11) is 1.49. The number of alkyl halides is 3. The van der Waals surface area contributed by atoms with Gasteiger partial charge in [-0.25, -0.2) is 4.98 Å². The average molecular weight is 478 g/mol. The fraction of sp³-hybridized carbons (Fsp3) is 0.409. The van der Waals surface area contributed by atoms with Gasteiger partial charge in [0.1, 0.15) is 17.2 Å². The summed E-state index contributed by atoms with van der Waals surface area (Å²) in [5, 5.41) is 7.30. The largest absolute Gasteiger partial charge is 0.490 e. The van der Waals surface area contributed by atoms with Gasteiger partial charge >= 0.3 is 6.18 Å². The molecular formula is C22H22F3N5O2S. The number of thiazole rings is 1. The zero-order chi connectivity index (χ0) is 23.7. The molecule has 2 aliphatic rings. The maximum atomic E-state index is 13.7. The number of hydrogen-bond acceptors (Lipinski definition) is 6. The van der Waals surface area contributed by atoms with E-state index >= 15 is 0 Å². The van der Waals surface area contributed by atoms with Crippen LogP contribution in [0.1, 0.15) is 40.6 Å². The van der Waals surface area contributed by atoms with E-state index in [0.717, 1.165) is 5.69 Å². The number of nitrogens with one attached hydrogen (secondary N) is 1. The van der Waals surface area contributed by atoms with Crippen molar-refractivity contribution in [3.63, 3.8) is 0 Å². The quantitative estimate of drug-likeness (QED) is 0.590. The highest BCUT2D eigenvalue weighted by atomic mass is 32.1. The van der Waals surface area contributed by atoms with Crippen LogP contribution in [0, 0.1) is 6.92 Å². The number of ether oxygens (including phenoxy) is 1. The molecule has 3 aromatic rings. The van der Waals surface area contributed by atoms with Crippen molar-refractivity contribution in [1.82, 2.24) is 20.1 Å². The van der Waals surface area contributed by atoms with Crippen LogP contribution in [0.2, 0.25) is 0 Å². The van der Waals surface area contributed by atoms with Crippen molar-refractivity contribution < 1.29 is 22.7 Å². The number of rotatable bonds is 2. The van der Waals surface area contributed by atoms with Gasteiger partial charge in [-0.05, 0) is 38.5 Å². The summed E-state index contributed by atoms with van der Waals surface area (Å²) in [4.78, 5) is 19.8. The molecule has 0 radical (unpaired) electrons. The fourth-order valence-electron chi connectivity index (χ4n) is 4.30. The molecule has 33 heavy (non-hydrogen) atoms. The van der Waals surface area contributed by atoms with Crippen LogP contribution in [0.5, 0.6) is 5.75 Å². The molecule has 0 aliphatic carbocycles. The molecule has 0 unspecified atom stereocenters. The Balaban J connectivity index is 1.61. The fourth-order valence-corrected chi connectivity index (χ4v) is 5.32. The van der Waals surface area contributed by atoms with Gasteiger partial charge in [0, 0.05) is 30.3 Å². The normalized spacial score (nSPS) is 17.3. The summed E-state index contributed by atoms with van der Waals surface area (Å²) < 4.78 is 48.0. The lowest BCUT2D eigenvalue weighted by atomic mass is 9.94. The molecule has 11 heteroatoms. The highest BCUT2D eigenvalue weighted by molar-refractivity contribution is 7.17. The molecule has 2 aromatic heterocycles. The standard InChI is InChI=1S/C22H22F3N5O2S/c1-11-16(18(22(23,24)25)28-29(11)4)12-5-6-15-14(9-12)30(7-8-32-15)20-26-13-10-21(2,3)27-19(31)17(13)33-20/h5-6,9H,7-8,10H2,1-4H3,(H,27,31). The first-order valence-electron chi connectivity index (χ1n) is 10.4. The Morgan fingerprint density at radius 1 is 1.27 bits per heavy atom. The van der Waals surface area contributed by atoms with Gasteiger partial charge in [0.25, 0.3) is 5.91 Å². The molecule has 1 N–H and O–H groups in total. The Bertz CT molecular complexity index is 1280. The highest BCUT2D eigenvalue weighted by Gasteiger charge is 2.39. The van der Waals surface area contributed by atoms with Gasteiger partial charge in [0.05, 0.1) is 17.9 Å². The van der Waals surface area contributed by atoms with E-state index < -0.39 is 17.4 Å². The van der Waals surface area contributed by atoms with Gasteiger partial charge < -0.3 is 15.0 Å². The van der Waals surface area contributed by atoms with Crippen molar-refractivity contribution in [2.24, 2.45) is 7.05 Å². The monoisotopic (exact) mass is 477 g/mol. The first-order chi connectivity index (χ1) is 15.4. The number of benzene rings is 1. The summed E-state index contributed by atoms with van der Waals surface area (Å²) in [5.41, 5.74) is 0.872. The maximum Gasteiger partial charge on any atom is 0.435 e. The van der Waals surface area contributed by atoms with Crippen LogP contribution < -0.4 is 15.0 Å². The number of anilines is 2. The molecule has 0 spiro atoms. The lowest BCUT2D eigenvalue weighted by Crippen LogP contribution is -2.48. The summed E-state index contributed by atoms with van der Waals surface area (Å²) in [6, 6.07) is 4.97. The molecule has 0 atom stereocenters. The minimum Gasteiger partial charge on any atom is -0.490 e. The summed E-state index contributed by atoms with van der Waals surface area (Å²) >= 11 is 1.28. The van der Waals surface area contributed by atoms with Crippen molar-refractivity contribution in [3.05, 3.63) is 40.2 Å². The van der Waals surface area contributed by atoms with E-state index in [1.165, 1.54) is 23.1 Å². The number of aryl methyl sites for hydroxylation is 1. The Kier molecular flexibility index (Phi) is 4.75. The van der Waals surface area contributed by atoms with Crippen molar-refractivity contribution in [2.75, 3.05) is 18.1 Å². The second kappa shape index (κ2) is 7.21. The van der Waals surface area contributed by atoms with Crippen molar-refractivity contribution in [3.8, 4) is 16.9 Å². The Morgan fingerprint density at radius 2 is 2.03 bits per heavy atom. The lowest BCUT2D eigenvalue weighted by Gasteiger charge is -2.30. The first kappa shape index (κ1) is 21.7. The molecule has 2 aliphatic heterocycles. The van der Waals surface area contributed by atoms with Crippen molar-refractivity contribution in [1.29, 1.82) is 0 Å². The van der Waals surface area contributed by atoms with Crippen molar-refractivity contribution >= 4 is 28.1 Å². The minimum atomic E-state index is -4.58.